The van der Waals surface area contributed by atoms with Crippen molar-refractivity contribution in [1.82, 2.24) is 0 Å². The van der Waals surface area contributed by atoms with Crippen LogP contribution in [-0.4, -0.2) is 0 Å². The van der Waals surface area contributed by atoms with Crippen LogP contribution in [-0.2, 0) is 0 Å². The van der Waals surface area contributed by atoms with Crippen molar-refractivity contribution in [1.29, 1.82) is 0 Å². The van der Waals surface area contributed by atoms with Crippen molar-refractivity contribution in [2.75, 3.05) is 0 Å². The first kappa shape index (κ1) is 18.7. The van der Waals surface area contributed by atoms with Crippen LogP contribution in [0.4, 0.5) is 0 Å². The van der Waals surface area contributed by atoms with Crippen molar-refractivity contribution >= 4 is 0 Å². The van der Waals surface area contributed by atoms with Crippen molar-refractivity contribution in [2.45, 2.75) is 34.6 Å². The topological polar surface area (TPSA) is 0 Å². The lowest BCUT2D eigenvalue weighted by atomic mass is 10.1. The number of hydrogen-bond acceptors (Lipinski definition) is 0. The molecule has 0 aromatic carbocycles. The molecule has 82 valence electrons. The van der Waals surface area contributed by atoms with Crippen molar-refractivity contribution in [3.05, 3.63) is 49.6 Å². The summed E-state index contributed by atoms with van der Waals surface area (Å²) >= 11 is 0. The summed E-state index contributed by atoms with van der Waals surface area (Å²) in [6.07, 6.45) is 11.6. The maximum atomic E-state index is 3.58. The molecule has 0 rings (SSSR count). The van der Waals surface area contributed by atoms with Gasteiger partial charge in [0, 0.05) is 0 Å². The van der Waals surface area contributed by atoms with Crippen molar-refractivity contribution in [2.24, 2.45) is 5.92 Å². The van der Waals surface area contributed by atoms with E-state index in [9.17, 15) is 0 Å². The molecule has 0 spiro atoms. The van der Waals surface area contributed by atoms with E-state index in [4.69, 9.17) is 0 Å². The van der Waals surface area contributed by atoms with Crippen molar-refractivity contribution in [3.63, 3.8) is 0 Å². The Bertz CT molecular complexity index is 131. The number of hydrogen-bond donors (Lipinski definition) is 0. The summed E-state index contributed by atoms with van der Waals surface area (Å²) in [7, 11) is 0. The van der Waals surface area contributed by atoms with Crippen LogP contribution in [0.3, 0.4) is 0 Å². The van der Waals surface area contributed by atoms with E-state index in [1.807, 2.05) is 39.8 Å². The fourth-order valence-corrected chi connectivity index (χ4v) is 0.572. The Kier molecular flexibility index (Phi) is 30.3. The third-order valence-electron chi connectivity index (χ3n) is 1.10. The molecule has 0 saturated carbocycles. The minimum absolute atomic E-state index is 0.469. The molecule has 0 bridgehead atoms. The van der Waals surface area contributed by atoms with Gasteiger partial charge in [-0.1, -0.05) is 84.2 Å². The van der Waals surface area contributed by atoms with E-state index >= 15 is 0 Å². The lowest BCUT2D eigenvalue weighted by Gasteiger charge is -1.93. The molecular formula is C14H26. The summed E-state index contributed by atoms with van der Waals surface area (Å²) < 4.78 is 0. The molecule has 0 fully saturated rings. The Hall–Kier alpha value is -1.04. The second kappa shape index (κ2) is 22.7. The van der Waals surface area contributed by atoms with Crippen LogP contribution in [0.5, 0.6) is 0 Å². The molecule has 0 amide bonds. The molecule has 0 aromatic rings. The first-order chi connectivity index (χ1) is 6.81. The standard InChI is InChI=1S/C10H14.2C2H6/c1-4-6-8-10(3)9-7-5-2;2*1-2/h4-10H,1-2H2,3H3;2*1-2H3/b8-6-,9-7-;;. The third kappa shape index (κ3) is 22.4. The summed E-state index contributed by atoms with van der Waals surface area (Å²) in [5, 5.41) is 0. The Balaban J connectivity index is -0.000000266. The highest BCUT2D eigenvalue weighted by Crippen LogP contribution is 1.98. The fraction of sp³-hybridized carbons (Fsp3) is 0.429. The third-order valence-corrected chi connectivity index (χ3v) is 1.10. The highest BCUT2D eigenvalue weighted by atomic mass is 13.9. The van der Waals surface area contributed by atoms with E-state index < -0.39 is 0 Å². The van der Waals surface area contributed by atoms with E-state index in [1.165, 1.54) is 0 Å². The minimum Gasteiger partial charge on any atom is -0.0991 e. The molecule has 0 radical (unpaired) electrons. The minimum atomic E-state index is 0.469. The monoisotopic (exact) mass is 194 g/mol. The molecule has 14 heavy (non-hydrogen) atoms. The average Bonchev–Trinajstić information content (AvgIpc) is 2.29. The molecule has 0 atom stereocenters. The van der Waals surface area contributed by atoms with E-state index in [2.05, 4.69) is 32.2 Å². The summed E-state index contributed by atoms with van der Waals surface area (Å²) in [6, 6.07) is 0. The first-order valence-corrected chi connectivity index (χ1v) is 5.39. The van der Waals surface area contributed by atoms with Gasteiger partial charge < -0.3 is 0 Å². The molecule has 0 saturated heterocycles. The lowest BCUT2D eigenvalue weighted by molar-refractivity contribution is 0.940. The van der Waals surface area contributed by atoms with E-state index in [0.717, 1.165) is 0 Å². The number of allylic oxidation sites excluding steroid dienone is 6. The predicted molar refractivity (Wildman–Crippen MR) is 70.5 cm³/mol. The fourth-order valence-electron chi connectivity index (χ4n) is 0.572. The Morgan fingerprint density at radius 3 is 1.29 bits per heavy atom. The second-order valence-electron chi connectivity index (χ2n) is 2.10. The SMILES string of the molecule is C=C/C=C\C(C)/C=C\C=C.CC.CC. The van der Waals surface area contributed by atoms with Gasteiger partial charge in [-0.25, -0.2) is 0 Å². The van der Waals surface area contributed by atoms with Gasteiger partial charge in [-0.3, -0.25) is 0 Å². The van der Waals surface area contributed by atoms with Crippen LogP contribution in [0, 0.1) is 5.92 Å². The van der Waals surface area contributed by atoms with Crippen molar-refractivity contribution in [3.8, 4) is 0 Å². The zero-order valence-corrected chi connectivity index (χ0v) is 10.5. The molecule has 0 heteroatoms. The molecule has 0 heterocycles. The van der Waals surface area contributed by atoms with E-state index in [0.29, 0.717) is 5.92 Å². The van der Waals surface area contributed by atoms with Gasteiger partial charge in [0.15, 0.2) is 0 Å². The zero-order valence-electron chi connectivity index (χ0n) is 10.5. The first-order valence-electron chi connectivity index (χ1n) is 5.39. The largest absolute Gasteiger partial charge is 0.0991 e. The molecular weight excluding hydrogens is 168 g/mol. The van der Waals surface area contributed by atoms with Gasteiger partial charge in [0.1, 0.15) is 0 Å². The highest BCUT2D eigenvalue weighted by molar-refractivity contribution is 5.08. The number of rotatable bonds is 4. The van der Waals surface area contributed by atoms with Crippen LogP contribution in [0.1, 0.15) is 34.6 Å². The van der Waals surface area contributed by atoms with Crippen molar-refractivity contribution < 1.29 is 0 Å². The van der Waals surface area contributed by atoms with Crippen LogP contribution >= 0.6 is 0 Å². The van der Waals surface area contributed by atoms with Gasteiger partial charge in [-0.15, -0.1) is 0 Å². The van der Waals surface area contributed by atoms with Gasteiger partial charge in [0.2, 0.25) is 0 Å². The van der Waals surface area contributed by atoms with Gasteiger partial charge in [0.25, 0.3) is 0 Å². The van der Waals surface area contributed by atoms with Crippen LogP contribution < -0.4 is 0 Å². The highest BCUT2D eigenvalue weighted by Gasteiger charge is 1.84. The Labute approximate surface area is 90.7 Å². The molecule has 0 aromatic heterocycles. The Morgan fingerprint density at radius 1 is 0.786 bits per heavy atom. The molecule has 0 unspecified atom stereocenters. The van der Waals surface area contributed by atoms with Gasteiger partial charge in [-0.05, 0) is 5.92 Å². The average molecular weight is 194 g/mol. The van der Waals surface area contributed by atoms with Gasteiger partial charge in [0.05, 0.1) is 0 Å². The Morgan fingerprint density at radius 2 is 1.07 bits per heavy atom. The van der Waals surface area contributed by atoms with Crippen LogP contribution in [0.25, 0.3) is 0 Å². The second-order valence-corrected chi connectivity index (χ2v) is 2.10. The molecule has 0 aliphatic heterocycles. The lowest BCUT2D eigenvalue weighted by Crippen LogP contribution is -1.79. The van der Waals surface area contributed by atoms with Gasteiger partial charge >= 0.3 is 0 Å². The molecule has 0 N–H and O–H groups in total. The zero-order chi connectivity index (χ0) is 11.8. The molecule has 0 aliphatic rings. The molecule has 0 nitrogen and oxygen atoms in total. The normalized spacial score (nSPS) is 9.00. The summed E-state index contributed by atoms with van der Waals surface area (Å²) in [6.45, 7) is 17.3. The van der Waals surface area contributed by atoms with Gasteiger partial charge in [-0.2, -0.15) is 0 Å². The van der Waals surface area contributed by atoms with E-state index in [-0.39, 0.29) is 0 Å². The molecule has 0 aliphatic carbocycles. The summed E-state index contributed by atoms with van der Waals surface area (Å²) in [5.74, 6) is 0.469. The summed E-state index contributed by atoms with van der Waals surface area (Å²) in [4.78, 5) is 0. The smallest absolute Gasteiger partial charge is 0.00757 e. The van der Waals surface area contributed by atoms with Crippen LogP contribution in [0.15, 0.2) is 49.6 Å². The maximum absolute atomic E-state index is 3.58. The summed E-state index contributed by atoms with van der Waals surface area (Å²) in [5.41, 5.74) is 0. The van der Waals surface area contributed by atoms with Crippen LogP contribution in [0.2, 0.25) is 0 Å². The predicted octanol–water partition coefficient (Wildman–Crippen LogP) is 5.16. The quantitative estimate of drug-likeness (QED) is 0.542. The maximum Gasteiger partial charge on any atom is -0.00757 e. The van der Waals surface area contributed by atoms with E-state index in [1.54, 1.807) is 12.2 Å².